The summed E-state index contributed by atoms with van der Waals surface area (Å²) in [5.74, 6) is 5.77. The first-order valence-corrected chi connectivity index (χ1v) is 36.3. The van der Waals surface area contributed by atoms with E-state index in [-0.39, 0.29) is 5.75 Å². The number of hydrogen-bond acceptors (Lipinski definition) is 16. The monoisotopic (exact) mass is 1470 g/mol. The fourth-order valence-electron chi connectivity index (χ4n) is 10.6. The molecule has 17 heteroatoms. The maximum atomic E-state index is 9.67. The van der Waals surface area contributed by atoms with Crippen LogP contribution >= 0.6 is 15.9 Å². The van der Waals surface area contributed by atoms with Gasteiger partial charge in [0, 0.05) is 49.1 Å². The Labute approximate surface area is 623 Å². The molecule has 8 aromatic carbocycles. The Balaban J connectivity index is 0.000000212. The molecule has 0 amide bonds. The number of phenolic OH excluding ortho intramolecular Hbond substituents is 1. The standard InChI is InChI=1S/C44H44N2O6.C40H38N2O6.C4H7Br/c1-3-5-25-49-37-15-9-33(10-16-37)41-23-13-35-7-8-36-14-24-42(46-44(36)43(35)45-41)34-11-17-38(18-12-34)51-31-29-47-27-28-48-30-32-52-40-21-19-39(20-22-40)50-26-6-4-2;1-2-3-22-46-35-16-18-36(19-17-35)48-28-26-45-24-23-44-25-27-47-34-14-8-30(9-15-34)38-21-11-32-5-4-31-10-20-37(41-39(31)40(32)42-38)29-6-12-33(43)13-7-29;1-2-3-4-5/h3-4,7-24H,1-2,5-6,25-32H2;2,4-21,43H,1,3,22-28H2;2H,1,3-4H2. The molecule has 105 heavy (non-hydrogen) atoms. The lowest BCUT2D eigenvalue weighted by atomic mass is 10.1. The van der Waals surface area contributed by atoms with Crippen LogP contribution in [0.3, 0.4) is 0 Å². The van der Waals surface area contributed by atoms with Gasteiger partial charge in [-0.15, -0.1) is 26.3 Å². The number of aromatic nitrogens is 4. The van der Waals surface area contributed by atoms with Crippen LogP contribution < -0.4 is 33.2 Å². The van der Waals surface area contributed by atoms with Crippen molar-refractivity contribution >= 4 is 59.5 Å². The summed E-state index contributed by atoms with van der Waals surface area (Å²) in [6.07, 6.45) is 10.9. The molecule has 0 spiro atoms. The van der Waals surface area contributed by atoms with Crippen LogP contribution in [0.4, 0.5) is 0 Å². The van der Waals surface area contributed by atoms with Gasteiger partial charge >= 0.3 is 0 Å². The number of rotatable bonds is 40. The molecule has 4 heterocycles. The van der Waals surface area contributed by atoms with Crippen LogP contribution in [-0.4, -0.2) is 129 Å². The Hall–Kier alpha value is -10.9. The fraction of sp³-hybridized carbons (Fsp3) is 0.227. The van der Waals surface area contributed by atoms with Crippen molar-refractivity contribution < 1.29 is 57.2 Å². The van der Waals surface area contributed by atoms with Crippen molar-refractivity contribution in [1.82, 2.24) is 19.9 Å². The van der Waals surface area contributed by atoms with Crippen molar-refractivity contribution in [3.8, 4) is 91.0 Å². The molecule has 0 atom stereocenters. The maximum Gasteiger partial charge on any atom is 0.119 e. The topological polar surface area (TPSA) is 173 Å². The first kappa shape index (κ1) is 76.7. The van der Waals surface area contributed by atoms with Crippen molar-refractivity contribution in [2.24, 2.45) is 0 Å². The van der Waals surface area contributed by atoms with Crippen molar-refractivity contribution in [2.45, 2.75) is 25.7 Å². The van der Waals surface area contributed by atoms with Gasteiger partial charge in [-0.3, -0.25) is 0 Å². The maximum absolute atomic E-state index is 9.67. The van der Waals surface area contributed by atoms with E-state index in [9.17, 15) is 5.11 Å². The Kier molecular flexibility index (Phi) is 31.1. The van der Waals surface area contributed by atoms with Crippen LogP contribution in [0.15, 0.2) is 269 Å². The molecule has 16 nitrogen and oxygen atoms in total. The number of alkyl halides is 1. The van der Waals surface area contributed by atoms with E-state index in [2.05, 4.69) is 90.8 Å². The summed E-state index contributed by atoms with van der Waals surface area (Å²) in [6, 6.07) is 70.8. The van der Waals surface area contributed by atoms with Gasteiger partial charge in [0.15, 0.2) is 0 Å². The Bertz CT molecular complexity index is 4640. The molecule has 0 radical (unpaired) electrons. The molecule has 1 N–H and O–H groups in total. The number of phenols is 1. The summed E-state index contributed by atoms with van der Waals surface area (Å²) in [6.45, 7) is 22.1. The zero-order valence-electron chi connectivity index (χ0n) is 59.2. The third-order valence-corrected chi connectivity index (χ3v) is 16.6. The minimum Gasteiger partial charge on any atom is -0.508 e. The van der Waals surface area contributed by atoms with Gasteiger partial charge in [0.05, 0.1) is 118 Å². The summed E-state index contributed by atoms with van der Waals surface area (Å²) in [5, 5.41) is 14.8. The van der Waals surface area contributed by atoms with Gasteiger partial charge in [0.1, 0.15) is 72.4 Å². The number of nitrogens with zero attached hydrogens (tertiary/aromatic N) is 4. The molecule has 0 saturated heterocycles. The third-order valence-electron chi connectivity index (χ3n) is 16.1. The number of aromatic hydroxyl groups is 1. The summed E-state index contributed by atoms with van der Waals surface area (Å²) >= 11 is 3.24. The molecular weight excluding hydrogens is 1380 g/mol. The van der Waals surface area contributed by atoms with Gasteiger partial charge in [0.2, 0.25) is 0 Å². The van der Waals surface area contributed by atoms with E-state index in [1.165, 1.54) is 0 Å². The second-order valence-electron chi connectivity index (χ2n) is 23.7. The number of benzene rings is 8. The first-order chi connectivity index (χ1) is 51.8. The minimum atomic E-state index is 0.227. The van der Waals surface area contributed by atoms with E-state index in [4.69, 9.17) is 72.0 Å². The predicted molar refractivity (Wildman–Crippen MR) is 425 cm³/mol. The van der Waals surface area contributed by atoms with Gasteiger partial charge < -0.3 is 57.2 Å². The molecule has 4 aromatic heterocycles. The molecule has 0 bridgehead atoms. The lowest BCUT2D eigenvalue weighted by Crippen LogP contribution is -2.13. The Morgan fingerprint density at radius 1 is 0.248 bits per heavy atom. The van der Waals surface area contributed by atoms with Gasteiger partial charge in [-0.1, -0.05) is 88.8 Å². The summed E-state index contributed by atoms with van der Waals surface area (Å²) < 4.78 is 62.7. The predicted octanol–water partition coefficient (Wildman–Crippen LogP) is 19.7. The molecule has 0 aliphatic heterocycles. The van der Waals surface area contributed by atoms with Crippen molar-refractivity contribution in [2.75, 3.05) is 104 Å². The molecule has 0 unspecified atom stereocenters. The zero-order chi connectivity index (χ0) is 72.9. The molecule has 0 fully saturated rings. The van der Waals surface area contributed by atoms with E-state index in [0.717, 1.165) is 160 Å². The Morgan fingerprint density at radius 2 is 0.448 bits per heavy atom. The third kappa shape index (κ3) is 24.3. The molecule has 540 valence electrons. The molecule has 0 aliphatic rings. The molecule has 12 aromatic rings. The van der Waals surface area contributed by atoms with E-state index in [0.29, 0.717) is 99.1 Å². The minimum absolute atomic E-state index is 0.227. The molecule has 12 rings (SSSR count). The average molecular weight is 1470 g/mol. The normalized spacial score (nSPS) is 10.9. The van der Waals surface area contributed by atoms with Crippen molar-refractivity contribution in [3.63, 3.8) is 0 Å². The highest BCUT2D eigenvalue weighted by molar-refractivity contribution is 9.09. The summed E-state index contributed by atoms with van der Waals surface area (Å²) in [4.78, 5) is 20.1. The van der Waals surface area contributed by atoms with Gasteiger partial charge in [0.25, 0.3) is 0 Å². The number of allylic oxidation sites excluding steroid dienone is 1. The van der Waals surface area contributed by atoms with Crippen LogP contribution in [0, 0.1) is 0 Å². The second-order valence-corrected chi connectivity index (χ2v) is 24.4. The van der Waals surface area contributed by atoms with E-state index in [1.807, 2.05) is 182 Å². The average Bonchev–Trinajstić information content (AvgIpc) is 0.777. The number of fused-ring (bicyclic) bond motifs is 6. The van der Waals surface area contributed by atoms with Crippen molar-refractivity contribution in [1.29, 1.82) is 0 Å². The van der Waals surface area contributed by atoms with Gasteiger partial charge in [-0.2, -0.15) is 0 Å². The SMILES string of the molecule is C=CCCBr.C=CCCOc1ccc(OCCOCCOCCOc2ccc(-c3ccc4ccc5ccc(-c6ccc(O)cc6)nc5c4n3)cc2)cc1.C=CCCOc1ccc(OCCOCCOCCOc2ccc(-c3ccc4ccc5ccc(-c6ccc(OCCC=C)cc6)nc5c4n3)cc2)cc1. The lowest BCUT2D eigenvalue weighted by molar-refractivity contribution is 0.0273. The van der Waals surface area contributed by atoms with E-state index >= 15 is 0 Å². The van der Waals surface area contributed by atoms with Crippen LogP contribution in [-0.2, 0) is 18.9 Å². The van der Waals surface area contributed by atoms with E-state index < -0.39 is 0 Å². The molecule has 0 aliphatic carbocycles. The lowest BCUT2D eigenvalue weighted by Gasteiger charge is -2.10. The second kappa shape index (κ2) is 42.6. The molecular formula is C88H89BrN4O12. The quantitative estimate of drug-likeness (QED) is 0.0166. The highest BCUT2D eigenvalue weighted by Crippen LogP contribution is 2.33. The summed E-state index contributed by atoms with van der Waals surface area (Å²) in [5.41, 5.74) is 10.8. The molecule has 0 saturated carbocycles. The number of halogens is 1. The van der Waals surface area contributed by atoms with Crippen LogP contribution in [0.1, 0.15) is 25.7 Å². The van der Waals surface area contributed by atoms with Crippen molar-refractivity contribution in [3.05, 3.63) is 269 Å². The summed E-state index contributed by atoms with van der Waals surface area (Å²) in [7, 11) is 0. The fourth-order valence-corrected chi connectivity index (χ4v) is 10.9. The largest absolute Gasteiger partial charge is 0.508 e. The van der Waals surface area contributed by atoms with Gasteiger partial charge in [-0.05, 0) is 196 Å². The number of ether oxygens (including phenoxy) is 11. The highest BCUT2D eigenvalue weighted by Gasteiger charge is 2.13. The first-order valence-electron chi connectivity index (χ1n) is 35.2. The van der Waals surface area contributed by atoms with Crippen LogP contribution in [0.2, 0.25) is 0 Å². The van der Waals surface area contributed by atoms with Crippen LogP contribution in [0.25, 0.3) is 88.6 Å². The van der Waals surface area contributed by atoms with E-state index in [1.54, 1.807) is 12.1 Å². The Morgan fingerprint density at radius 3 is 0.667 bits per heavy atom. The zero-order valence-corrected chi connectivity index (χ0v) is 60.8. The number of pyridine rings is 4. The van der Waals surface area contributed by atoms with Gasteiger partial charge in [-0.25, -0.2) is 19.9 Å². The smallest absolute Gasteiger partial charge is 0.119 e. The van der Waals surface area contributed by atoms with Crippen LogP contribution in [0.5, 0.6) is 46.0 Å². The highest BCUT2D eigenvalue weighted by atomic mass is 79.9. The number of hydrogen-bond donors (Lipinski definition) is 1.